The monoisotopic (exact) mass is 236 g/mol. The Hall–Kier alpha value is -1.78. The lowest BCUT2D eigenvalue weighted by Crippen LogP contribution is -2.16. The maximum absolute atomic E-state index is 11.2. The Kier molecular flexibility index (Phi) is 4.75. The highest BCUT2D eigenvalue weighted by Gasteiger charge is 2.09. The molecule has 1 rings (SSSR count). The number of nitrogens with one attached hydrogen (secondary N) is 1. The van der Waals surface area contributed by atoms with E-state index in [1.807, 2.05) is 0 Å². The average Bonchev–Trinajstić information content (AvgIpc) is 2.25. The molecule has 5 heteroatoms. The highest BCUT2D eigenvalue weighted by molar-refractivity contribution is 5.98. The molecule has 5 nitrogen and oxygen atoms in total. The van der Waals surface area contributed by atoms with Gasteiger partial charge in [0.05, 0.1) is 17.4 Å². The lowest BCUT2D eigenvalue weighted by atomic mass is 10.1. The van der Waals surface area contributed by atoms with E-state index in [9.17, 15) is 4.79 Å². The van der Waals surface area contributed by atoms with Crippen molar-refractivity contribution in [3.8, 4) is 0 Å². The average molecular weight is 236 g/mol. The number of hydrogen-bond donors (Lipinski definition) is 3. The van der Waals surface area contributed by atoms with Gasteiger partial charge in [-0.05, 0) is 24.8 Å². The van der Waals surface area contributed by atoms with Crippen molar-refractivity contribution in [3.05, 3.63) is 17.8 Å². The minimum Gasteiger partial charge on any atom is -0.397 e. The number of rotatable bonds is 6. The smallest absolute Gasteiger partial charge is 0.252 e. The Morgan fingerprint density at radius 2 is 2.24 bits per heavy atom. The van der Waals surface area contributed by atoms with Crippen LogP contribution in [-0.2, 0) is 0 Å². The number of nitrogen functional groups attached to an aromatic ring is 1. The lowest BCUT2D eigenvalue weighted by molar-refractivity contribution is 0.100. The van der Waals surface area contributed by atoms with Gasteiger partial charge < -0.3 is 16.8 Å². The Bertz CT molecular complexity index is 390. The Morgan fingerprint density at radius 1 is 1.53 bits per heavy atom. The summed E-state index contributed by atoms with van der Waals surface area (Å²) in [6.45, 7) is 5.13. The summed E-state index contributed by atoms with van der Waals surface area (Å²) < 4.78 is 0. The second kappa shape index (κ2) is 6.08. The zero-order valence-corrected chi connectivity index (χ0v) is 10.4. The van der Waals surface area contributed by atoms with Gasteiger partial charge in [-0.15, -0.1) is 0 Å². The van der Waals surface area contributed by atoms with Crippen LogP contribution < -0.4 is 16.8 Å². The van der Waals surface area contributed by atoms with Crippen LogP contribution in [0.5, 0.6) is 0 Å². The topological polar surface area (TPSA) is 94.0 Å². The number of amides is 1. The van der Waals surface area contributed by atoms with Gasteiger partial charge >= 0.3 is 0 Å². The molecule has 94 valence electrons. The molecule has 0 fully saturated rings. The van der Waals surface area contributed by atoms with E-state index in [2.05, 4.69) is 24.1 Å². The second-order valence-electron chi connectivity index (χ2n) is 4.49. The first-order valence-corrected chi connectivity index (χ1v) is 5.80. The highest BCUT2D eigenvalue weighted by atomic mass is 16.1. The van der Waals surface area contributed by atoms with E-state index >= 15 is 0 Å². The minimum absolute atomic E-state index is 0.342. The molecule has 0 atom stereocenters. The van der Waals surface area contributed by atoms with Gasteiger partial charge in [-0.3, -0.25) is 4.79 Å². The van der Waals surface area contributed by atoms with Gasteiger partial charge in [0.15, 0.2) is 0 Å². The van der Waals surface area contributed by atoms with Crippen molar-refractivity contribution in [3.63, 3.8) is 0 Å². The van der Waals surface area contributed by atoms with Crippen molar-refractivity contribution < 1.29 is 4.79 Å². The van der Waals surface area contributed by atoms with Crippen LogP contribution >= 0.6 is 0 Å². The summed E-state index contributed by atoms with van der Waals surface area (Å²) in [5.74, 6) is 0.665. The second-order valence-corrected chi connectivity index (χ2v) is 4.49. The van der Waals surface area contributed by atoms with Gasteiger partial charge in [0.25, 0.3) is 5.91 Å². The number of carbonyl (C=O) groups is 1. The van der Waals surface area contributed by atoms with Crippen molar-refractivity contribution in [2.45, 2.75) is 26.7 Å². The summed E-state index contributed by atoms with van der Waals surface area (Å²) in [6.07, 6.45) is 3.67. The molecule has 0 aliphatic heterocycles. The van der Waals surface area contributed by atoms with E-state index in [-0.39, 0.29) is 0 Å². The summed E-state index contributed by atoms with van der Waals surface area (Å²) >= 11 is 0. The maximum atomic E-state index is 11.2. The number of anilines is 2. The van der Waals surface area contributed by atoms with Crippen molar-refractivity contribution in [1.82, 2.24) is 4.98 Å². The number of primary amides is 1. The maximum Gasteiger partial charge on any atom is 0.252 e. The van der Waals surface area contributed by atoms with Crippen molar-refractivity contribution in [1.29, 1.82) is 0 Å². The first-order chi connectivity index (χ1) is 8.00. The van der Waals surface area contributed by atoms with Gasteiger partial charge in [-0.2, -0.15) is 0 Å². The van der Waals surface area contributed by atoms with Crippen molar-refractivity contribution in [2.24, 2.45) is 11.7 Å². The normalized spacial score (nSPS) is 10.5. The number of pyridine rings is 1. The van der Waals surface area contributed by atoms with Crippen LogP contribution in [0.3, 0.4) is 0 Å². The van der Waals surface area contributed by atoms with E-state index in [0.29, 0.717) is 23.0 Å². The molecule has 0 aliphatic rings. The number of hydrogen-bond acceptors (Lipinski definition) is 4. The molecule has 0 aliphatic carbocycles. The number of nitrogens with two attached hydrogens (primary N) is 2. The Labute approximate surface area is 102 Å². The van der Waals surface area contributed by atoms with Crippen LogP contribution in [0.4, 0.5) is 11.5 Å². The minimum atomic E-state index is -0.517. The summed E-state index contributed by atoms with van der Waals surface area (Å²) in [6, 6.07) is 1.54. The van der Waals surface area contributed by atoms with Gasteiger partial charge in [-0.25, -0.2) is 4.98 Å². The quantitative estimate of drug-likeness (QED) is 0.654. The molecule has 1 aromatic rings. The molecule has 5 N–H and O–H groups in total. The highest BCUT2D eigenvalue weighted by Crippen LogP contribution is 2.15. The number of carbonyl (C=O) groups excluding carboxylic acids is 1. The molecular weight excluding hydrogens is 216 g/mol. The zero-order valence-electron chi connectivity index (χ0n) is 10.4. The molecule has 0 unspecified atom stereocenters. The van der Waals surface area contributed by atoms with E-state index in [0.717, 1.165) is 19.4 Å². The van der Waals surface area contributed by atoms with Gasteiger partial charge in [-0.1, -0.05) is 13.8 Å². The summed E-state index contributed by atoms with van der Waals surface area (Å²) in [5.41, 5.74) is 11.6. The fraction of sp³-hybridized carbons (Fsp3) is 0.500. The van der Waals surface area contributed by atoms with Crippen molar-refractivity contribution >= 4 is 17.4 Å². The fourth-order valence-corrected chi connectivity index (χ4v) is 1.53. The van der Waals surface area contributed by atoms with Crippen LogP contribution in [-0.4, -0.2) is 17.4 Å². The largest absolute Gasteiger partial charge is 0.397 e. The van der Waals surface area contributed by atoms with Gasteiger partial charge in [0.2, 0.25) is 0 Å². The van der Waals surface area contributed by atoms with Crippen LogP contribution in [0.15, 0.2) is 12.3 Å². The molecule has 0 bridgehead atoms. The van der Waals surface area contributed by atoms with E-state index in [1.165, 1.54) is 6.20 Å². The molecule has 0 saturated heterocycles. The van der Waals surface area contributed by atoms with E-state index in [1.54, 1.807) is 6.07 Å². The van der Waals surface area contributed by atoms with E-state index in [4.69, 9.17) is 11.5 Å². The lowest BCUT2D eigenvalue weighted by Gasteiger charge is -2.10. The SMILES string of the molecule is CC(C)CCCNc1ncc(N)cc1C(N)=O. The molecule has 0 aromatic carbocycles. The zero-order chi connectivity index (χ0) is 12.8. The molecule has 0 saturated carbocycles. The molecule has 0 spiro atoms. The Morgan fingerprint density at radius 3 is 2.82 bits per heavy atom. The van der Waals surface area contributed by atoms with Gasteiger partial charge in [0, 0.05) is 6.54 Å². The molecule has 1 heterocycles. The molecule has 0 radical (unpaired) electrons. The molecule has 1 aromatic heterocycles. The van der Waals surface area contributed by atoms with Crippen LogP contribution in [0.1, 0.15) is 37.0 Å². The third-order valence-electron chi connectivity index (χ3n) is 2.42. The summed E-state index contributed by atoms with van der Waals surface area (Å²) in [7, 11) is 0. The van der Waals surface area contributed by atoms with Crippen LogP contribution in [0, 0.1) is 5.92 Å². The molecule has 17 heavy (non-hydrogen) atoms. The number of aromatic nitrogens is 1. The third-order valence-corrected chi connectivity index (χ3v) is 2.42. The van der Waals surface area contributed by atoms with Crippen LogP contribution in [0.2, 0.25) is 0 Å². The number of nitrogens with zero attached hydrogens (tertiary/aromatic N) is 1. The fourth-order valence-electron chi connectivity index (χ4n) is 1.53. The molecular formula is C12H20N4O. The van der Waals surface area contributed by atoms with Crippen LogP contribution in [0.25, 0.3) is 0 Å². The first kappa shape index (κ1) is 13.3. The summed E-state index contributed by atoms with van der Waals surface area (Å²) in [5, 5.41) is 3.11. The first-order valence-electron chi connectivity index (χ1n) is 5.80. The standard InChI is InChI=1S/C12H20N4O/c1-8(2)4-3-5-15-12-10(11(14)17)6-9(13)7-16-12/h6-8H,3-5,13H2,1-2H3,(H2,14,17)(H,15,16). The van der Waals surface area contributed by atoms with Gasteiger partial charge in [0.1, 0.15) is 5.82 Å². The van der Waals surface area contributed by atoms with Crippen molar-refractivity contribution in [2.75, 3.05) is 17.6 Å². The van der Waals surface area contributed by atoms with E-state index < -0.39 is 5.91 Å². The molecule has 1 amide bonds. The summed E-state index contributed by atoms with van der Waals surface area (Å²) in [4.78, 5) is 15.3. The Balaban J connectivity index is 2.61. The predicted molar refractivity (Wildman–Crippen MR) is 69.7 cm³/mol. The third kappa shape index (κ3) is 4.30. The predicted octanol–water partition coefficient (Wildman–Crippen LogP) is 1.61.